The Kier molecular flexibility index (Phi) is 3.43. The van der Waals surface area contributed by atoms with Crippen molar-refractivity contribution in [3.8, 4) is 0 Å². The van der Waals surface area contributed by atoms with E-state index < -0.39 is 11.7 Å². The van der Waals surface area contributed by atoms with Crippen LogP contribution in [0.25, 0.3) is 0 Å². The van der Waals surface area contributed by atoms with E-state index in [1.807, 2.05) is 18.7 Å². The standard InChI is InChI=1S/C11H15F3N4/c1-7-6-18(8(2)3-15-7)10-16-4-9(5-17-10)11(12,13)14/h4-5,7-8,15H,3,6H2,1-2H3/t7-,8-/m1/s1. The lowest BCUT2D eigenvalue weighted by Crippen LogP contribution is -2.55. The van der Waals surface area contributed by atoms with E-state index in [0.29, 0.717) is 12.5 Å². The van der Waals surface area contributed by atoms with Crippen molar-refractivity contribution in [2.45, 2.75) is 32.1 Å². The molecule has 0 aromatic carbocycles. The average Bonchev–Trinajstić information content (AvgIpc) is 2.31. The molecule has 0 aliphatic carbocycles. The van der Waals surface area contributed by atoms with Crippen LogP contribution in [0.2, 0.25) is 0 Å². The molecular weight excluding hydrogens is 245 g/mol. The number of rotatable bonds is 1. The normalized spacial score (nSPS) is 25.3. The van der Waals surface area contributed by atoms with Crippen LogP contribution < -0.4 is 10.2 Å². The number of nitrogens with zero attached hydrogens (tertiary/aromatic N) is 3. The molecule has 1 N–H and O–H groups in total. The van der Waals surface area contributed by atoms with Gasteiger partial charge in [-0.2, -0.15) is 13.2 Å². The van der Waals surface area contributed by atoms with Crippen LogP contribution in [0.3, 0.4) is 0 Å². The number of piperazine rings is 1. The van der Waals surface area contributed by atoms with Crippen molar-refractivity contribution in [2.24, 2.45) is 0 Å². The second-order valence-corrected chi connectivity index (χ2v) is 4.58. The van der Waals surface area contributed by atoms with E-state index in [1.54, 1.807) is 0 Å². The maximum absolute atomic E-state index is 12.4. The van der Waals surface area contributed by atoms with Gasteiger partial charge in [0.2, 0.25) is 5.95 Å². The van der Waals surface area contributed by atoms with Gasteiger partial charge in [0.25, 0.3) is 0 Å². The third kappa shape index (κ3) is 2.72. The molecule has 7 heteroatoms. The topological polar surface area (TPSA) is 41.1 Å². The number of anilines is 1. The second-order valence-electron chi connectivity index (χ2n) is 4.58. The highest BCUT2D eigenvalue weighted by Gasteiger charge is 2.32. The van der Waals surface area contributed by atoms with E-state index in [-0.39, 0.29) is 12.1 Å². The number of halogens is 3. The summed E-state index contributed by atoms with van der Waals surface area (Å²) in [7, 11) is 0. The van der Waals surface area contributed by atoms with Gasteiger partial charge in [-0.15, -0.1) is 0 Å². The lowest BCUT2D eigenvalue weighted by atomic mass is 10.1. The largest absolute Gasteiger partial charge is 0.419 e. The highest BCUT2D eigenvalue weighted by molar-refractivity contribution is 5.33. The molecule has 2 atom stereocenters. The maximum Gasteiger partial charge on any atom is 0.419 e. The lowest BCUT2D eigenvalue weighted by molar-refractivity contribution is -0.138. The van der Waals surface area contributed by atoms with Gasteiger partial charge in [0.15, 0.2) is 0 Å². The Morgan fingerprint density at radius 1 is 1.28 bits per heavy atom. The number of nitrogens with one attached hydrogen (secondary N) is 1. The molecule has 1 aromatic heterocycles. The Balaban J connectivity index is 2.18. The minimum Gasteiger partial charge on any atom is -0.335 e. The number of hydrogen-bond donors (Lipinski definition) is 1. The number of alkyl halides is 3. The summed E-state index contributed by atoms with van der Waals surface area (Å²) in [6, 6.07) is 0.435. The van der Waals surface area contributed by atoms with Crippen LogP contribution in [-0.2, 0) is 6.18 Å². The first-order valence-corrected chi connectivity index (χ1v) is 5.77. The average molecular weight is 260 g/mol. The van der Waals surface area contributed by atoms with E-state index >= 15 is 0 Å². The molecule has 0 unspecified atom stereocenters. The Bertz CT molecular complexity index is 404. The van der Waals surface area contributed by atoms with Crippen molar-refractivity contribution in [3.05, 3.63) is 18.0 Å². The van der Waals surface area contributed by atoms with Gasteiger partial charge in [-0.05, 0) is 13.8 Å². The molecule has 2 heterocycles. The Morgan fingerprint density at radius 2 is 1.89 bits per heavy atom. The van der Waals surface area contributed by atoms with E-state index in [9.17, 15) is 13.2 Å². The summed E-state index contributed by atoms with van der Waals surface area (Å²) in [6.45, 7) is 5.46. The lowest BCUT2D eigenvalue weighted by Gasteiger charge is -2.37. The Labute approximate surface area is 103 Å². The Morgan fingerprint density at radius 3 is 2.44 bits per heavy atom. The minimum absolute atomic E-state index is 0.165. The third-order valence-corrected chi connectivity index (χ3v) is 2.99. The van der Waals surface area contributed by atoms with Crippen molar-refractivity contribution in [1.82, 2.24) is 15.3 Å². The molecule has 1 saturated heterocycles. The van der Waals surface area contributed by atoms with Gasteiger partial charge in [0.1, 0.15) is 0 Å². The van der Waals surface area contributed by atoms with Gasteiger partial charge in [0.05, 0.1) is 5.56 Å². The smallest absolute Gasteiger partial charge is 0.335 e. The molecule has 0 radical (unpaired) electrons. The van der Waals surface area contributed by atoms with E-state index in [2.05, 4.69) is 15.3 Å². The van der Waals surface area contributed by atoms with Crippen LogP contribution in [0.15, 0.2) is 12.4 Å². The van der Waals surface area contributed by atoms with Crippen LogP contribution >= 0.6 is 0 Å². The monoisotopic (exact) mass is 260 g/mol. The summed E-state index contributed by atoms with van der Waals surface area (Å²) in [4.78, 5) is 9.56. The molecular formula is C11H15F3N4. The highest BCUT2D eigenvalue weighted by atomic mass is 19.4. The molecule has 1 aromatic rings. The Hall–Kier alpha value is -1.37. The molecule has 2 rings (SSSR count). The van der Waals surface area contributed by atoms with Crippen molar-refractivity contribution in [1.29, 1.82) is 0 Å². The molecule has 0 bridgehead atoms. The fraction of sp³-hybridized carbons (Fsp3) is 0.636. The van der Waals surface area contributed by atoms with E-state index in [4.69, 9.17) is 0 Å². The molecule has 0 amide bonds. The quantitative estimate of drug-likeness (QED) is 0.834. The fourth-order valence-corrected chi connectivity index (χ4v) is 1.92. The van der Waals surface area contributed by atoms with Gasteiger partial charge in [-0.25, -0.2) is 9.97 Å². The first-order valence-electron chi connectivity index (χ1n) is 5.77. The van der Waals surface area contributed by atoms with Gasteiger partial charge < -0.3 is 10.2 Å². The molecule has 18 heavy (non-hydrogen) atoms. The molecule has 1 aliphatic rings. The summed E-state index contributed by atoms with van der Waals surface area (Å²) in [5, 5.41) is 3.29. The van der Waals surface area contributed by atoms with Crippen molar-refractivity contribution >= 4 is 5.95 Å². The predicted molar refractivity (Wildman–Crippen MR) is 61.3 cm³/mol. The van der Waals surface area contributed by atoms with E-state index in [0.717, 1.165) is 18.9 Å². The summed E-state index contributed by atoms with van der Waals surface area (Å²) in [6.07, 6.45) is -2.72. The zero-order valence-electron chi connectivity index (χ0n) is 10.2. The molecule has 100 valence electrons. The first-order chi connectivity index (χ1) is 8.38. The number of hydrogen-bond acceptors (Lipinski definition) is 4. The van der Waals surface area contributed by atoms with Gasteiger partial charge in [0, 0.05) is 37.6 Å². The molecule has 0 spiro atoms. The maximum atomic E-state index is 12.4. The summed E-state index contributed by atoms with van der Waals surface area (Å²) >= 11 is 0. The third-order valence-electron chi connectivity index (χ3n) is 2.99. The minimum atomic E-state index is -4.39. The number of aromatic nitrogens is 2. The predicted octanol–water partition coefficient (Wildman–Crippen LogP) is 1.68. The molecule has 1 fully saturated rings. The van der Waals surface area contributed by atoms with Crippen LogP contribution in [0.4, 0.5) is 19.1 Å². The zero-order valence-corrected chi connectivity index (χ0v) is 10.2. The van der Waals surface area contributed by atoms with Gasteiger partial charge in [-0.1, -0.05) is 0 Å². The van der Waals surface area contributed by atoms with Crippen molar-refractivity contribution in [2.75, 3.05) is 18.0 Å². The van der Waals surface area contributed by atoms with Crippen LogP contribution in [-0.4, -0.2) is 35.1 Å². The van der Waals surface area contributed by atoms with E-state index in [1.165, 1.54) is 0 Å². The molecule has 4 nitrogen and oxygen atoms in total. The molecule has 1 aliphatic heterocycles. The van der Waals surface area contributed by atoms with Crippen molar-refractivity contribution in [3.63, 3.8) is 0 Å². The summed E-state index contributed by atoms with van der Waals surface area (Å²) in [5.74, 6) is 0.351. The second kappa shape index (κ2) is 4.72. The van der Waals surface area contributed by atoms with Crippen LogP contribution in [0, 0.1) is 0 Å². The zero-order chi connectivity index (χ0) is 13.3. The summed E-state index contributed by atoms with van der Waals surface area (Å²) < 4.78 is 37.2. The van der Waals surface area contributed by atoms with Gasteiger partial charge >= 0.3 is 6.18 Å². The molecule has 0 saturated carbocycles. The SMILES string of the molecule is C[C@@H]1CN(c2ncc(C(F)(F)F)cn2)[C@H](C)CN1. The first kappa shape index (κ1) is 13.1. The highest BCUT2D eigenvalue weighted by Crippen LogP contribution is 2.28. The van der Waals surface area contributed by atoms with Crippen LogP contribution in [0.5, 0.6) is 0 Å². The van der Waals surface area contributed by atoms with Crippen molar-refractivity contribution < 1.29 is 13.2 Å². The van der Waals surface area contributed by atoms with Crippen LogP contribution in [0.1, 0.15) is 19.4 Å². The summed E-state index contributed by atoms with van der Waals surface area (Å²) in [5.41, 5.74) is -0.818. The van der Waals surface area contributed by atoms with Gasteiger partial charge in [-0.3, -0.25) is 0 Å². The fourth-order valence-electron chi connectivity index (χ4n) is 1.92.